The molecule has 38 heavy (non-hydrogen) atoms. The van der Waals surface area contributed by atoms with Gasteiger partial charge < -0.3 is 19.7 Å². The van der Waals surface area contributed by atoms with Crippen molar-refractivity contribution in [2.24, 2.45) is 0 Å². The number of H-pyrrole nitrogens is 1. The van der Waals surface area contributed by atoms with Crippen LogP contribution in [0.5, 0.6) is 5.75 Å². The molecular formula is C28H22FN3O6. The van der Waals surface area contributed by atoms with Crippen molar-refractivity contribution < 1.29 is 28.7 Å². The highest BCUT2D eigenvalue weighted by Gasteiger charge is 2.46. The van der Waals surface area contributed by atoms with Crippen molar-refractivity contribution in [1.29, 1.82) is 0 Å². The van der Waals surface area contributed by atoms with Crippen molar-refractivity contribution in [3.05, 3.63) is 111 Å². The summed E-state index contributed by atoms with van der Waals surface area (Å²) in [6, 6.07) is 14.9. The monoisotopic (exact) mass is 515 g/mol. The highest BCUT2D eigenvalue weighted by molar-refractivity contribution is 6.46. The lowest BCUT2D eigenvalue weighted by Crippen LogP contribution is -2.31. The number of aromatic nitrogens is 1. The van der Waals surface area contributed by atoms with Gasteiger partial charge in [0.2, 0.25) is 0 Å². The summed E-state index contributed by atoms with van der Waals surface area (Å²) in [6.45, 7) is 0.0856. The van der Waals surface area contributed by atoms with Gasteiger partial charge in [-0.05, 0) is 60.0 Å². The van der Waals surface area contributed by atoms with E-state index in [1.165, 1.54) is 35.2 Å². The highest BCUT2D eigenvalue weighted by Crippen LogP contribution is 2.40. The number of nitrogens with one attached hydrogen (secondary N) is 1. The lowest BCUT2D eigenvalue weighted by Gasteiger charge is -2.25. The molecule has 192 valence electrons. The first-order chi connectivity index (χ1) is 18.3. The lowest BCUT2D eigenvalue weighted by atomic mass is 9.95. The Hall–Kier alpha value is -4.99. The second-order valence-electron chi connectivity index (χ2n) is 8.83. The Morgan fingerprint density at radius 2 is 1.89 bits per heavy atom. The minimum atomic E-state index is -1.08. The number of aromatic amines is 1. The lowest BCUT2D eigenvalue weighted by molar-refractivity contribution is -0.384. The van der Waals surface area contributed by atoms with E-state index < -0.39 is 34.2 Å². The second-order valence-corrected chi connectivity index (χ2v) is 8.83. The average Bonchev–Trinajstić information content (AvgIpc) is 3.44. The molecule has 1 aromatic heterocycles. The molecule has 1 amide bonds. The molecule has 0 saturated carbocycles. The Balaban J connectivity index is 1.58. The van der Waals surface area contributed by atoms with Crippen LogP contribution in [0.2, 0.25) is 0 Å². The summed E-state index contributed by atoms with van der Waals surface area (Å²) in [6.07, 6.45) is 2.16. The van der Waals surface area contributed by atoms with Gasteiger partial charge in [0.25, 0.3) is 17.4 Å². The van der Waals surface area contributed by atoms with Crippen molar-refractivity contribution in [2.45, 2.75) is 12.5 Å². The summed E-state index contributed by atoms with van der Waals surface area (Å²) in [5.41, 5.74) is 1.74. The number of hydrogen-bond donors (Lipinski definition) is 2. The quantitative estimate of drug-likeness (QED) is 0.119. The fourth-order valence-corrected chi connectivity index (χ4v) is 4.76. The molecule has 9 nitrogen and oxygen atoms in total. The number of hydrogen-bond acceptors (Lipinski definition) is 6. The van der Waals surface area contributed by atoms with Crippen molar-refractivity contribution in [1.82, 2.24) is 9.88 Å². The molecule has 0 unspecified atom stereocenters. The van der Waals surface area contributed by atoms with Gasteiger partial charge in [-0.15, -0.1) is 0 Å². The van der Waals surface area contributed by atoms with Gasteiger partial charge in [0.15, 0.2) is 0 Å². The Morgan fingerprint density at radius 3 is 2.61 bits per heavy atom. The van der Waals surface area contributed by atoms with E-state index in [4.69, 9.17) is 4.74 Å². The van der Waals surface area contributed by atoms with Crippen LogP contribution in [0, 0.1) is 15.9 Å². The molecule has 2 heterocycles. The number of benzene rings is 3. The molecule has 1 saturated heterocycles. The van der Waals surface area contributed by atoms with E-state index in [-0.39, 0.29) is 23.4 Å². The molecule has 4 aromatic rings. The topological polar surface area (TPSA) is 126 Å². The summed E-state index contributed by atoms with van der Waals surface area (Å²) < 4.78 is 18.8. The summed E-state index contributed by atoms with van der Waals surface area (Å²) in [7, 11) is 1.56. The summed E-state index contributed by atoms with van der Waals surface area (Å²) in [5, 5.41) is 23.4. The van der Waals surface area contributed by atoms with Gasteiger partial charge in [-0.3, -0.25) is 19.7 Å². The van der Waals surface area contributed by atoms with E-state index in [2.05, 4.69) is 4.98 Å². The third-order valence-electron chi connectivity index (χ3n) is 6.65. The maximum Gasteiger partial charge on any atom is 0.295 e. The first-order valence-corrected chi connectivity index (χ1v) is 11.7. The molecular weight excluding hydrogens is 493 g/mol. The number of Topliss-reactive ketones (excluding diaryl/α,β-unsaturated/α-hetero) is 1. The van der Waals surface area contributed by atoms with E-state index in [1.54, 1.807) is 13.2 Å². The maximum absolute atomic E-state index is 13.5. The zero-order chi connectivity index (χ0) is 27.0. The van der Waals surface area contributed by atoms with Crippen molar-refractivity contribution in [3.63, 3.8) is 0 Å². The molecule has 0 spiro atoms. The second kappa shape index (κ2) is 9.81. The van der Waals surface area contributed by atoms with Gasteiger partial charge in [-0.2, -0.15) is 0 Å². The summed E-state index contributed by atoms with van der Waals surface area (Å²) >= 11 is 0. The van der Waals surface area contributed by atoms with Crippen LogP contribution in [0.1, 0.15) is 22.7 Å². The molecule has 1 aliphatic rings. The number of nitrogens with zero attached hydrogens (tertiary/aromatic N) is 2. The number of methoxy groups -OCH3 is 1. The Labute approximate surface area is 215 Å². The molecule has 1 fully saturated rings. The number of nitro benzene ring substituents is 1. The Bertz CT molecular complexity index is 1610. The van der Waals surface area contributed by atoms with Crippen LogP contribution in [0.4, 0.5) is 10.1 Å². The molecule has 5 rings (SSSR count). The largest absolute Gasteiger partial charge is 0.507 e. The van der Waals surface area contributed by atoms with E-state index in [1.807, 2.05) is 24.4 Å². The molecule has 0 aliphatic carbocycles. The molecule has 0 bridgehead atoms. The number of carbonyl (C=O) groups excluding carboxylic acids is 2. The molecule has 0 radical (unpaired) electrons. The predicted molar refractivity (Wildman–Crippen MR) is 137 cm³/mol. The minimum absolute atomic E-state index is 0.0856. The smallest absolute Gasteiger partial charge is 0.295 e. The standard InChI is InChI=1S/C28H22FN3O6/c1-38-21-9-10-23-22(14-21)18(15-30-23)11-12-31-25(17-3-2-4-20(13-17)32(36)37)24(27(34)28(31)35)26(33)16-5-7-19(29)8-6-16/h2-10,13-15,25,30,33H,11-12H2,1H3/t25-/m1/s1. The molecule has 1 atom stereocenters. The van der Waals surface area contributed by atoms with Crippen LogP contribution < -0.4 is 4.74 Å². The van der Waals surface area contributed by atoms with Gasteiger partial charge >= 0.3 is 0 Å². The van der Waals surface area contributed by atoms with Crippen LogP contribution in [-0.2, 0) is 16.0 Å². The minimum Gasteiger partial charge on any atom is -0.507 e. The van der Waals surface area contributed by atoms with Gasteiger partial charge in [0, 0.05) is 41.3 Å². The van der Waals surface area contributed by atoms with Gasteiger partial charge in [0.1, 0.15) is 17.3 Å². The predicted octanol–water partition coefficient (Wildman–Crippen LogP) is 4.89. The van der Waals surface area contributed by atoms with Crippen LogP contribution in [0.15, 0.2) is 78.5 Å². The molecule has 3 aromatic carbocycles. The van der Waals surface area contributed by atoms with Gasteiger partial charge in [0.05, 0.1) is 23.6 Å². The molecule has 2 N–H and O–H groups in total. The summed E-state index contributed by atoms with van der Waals surface area (Å²) in [4.78, 5) is 41.8. The van der Waals surface area contributed by atoms with Gasteiger partial charge in [-0.25, -0.2) is 4.39 Å². The Kier molecular flexibility index (Phi) is 6.38. The number of ketones is 1. The maximum atomic E-state index is 13.5. The number of amides is 1. The number of aliphatic hydroxyl groups excluding tert-OH is 1. The van der Waals surface area contributed by atoms with Crippen LogP contribution >= 0.6 is 0 Å². The summed E-state index contributed by atoms with van der Waals surface area (Å²) in [5.74, 6) is -2.13. The average molecular weight is 515 g/mol. The number of halogens is 1. The number of nitro groups is 1. The van der Waals surface area contributed by atoms with Crippen LogP contribution in [0.25, 0.3) is 16.7 Å². The zero-order valence-corrected chi connectivity index (χ0v) is 20.2. The zero-order valence-electron chi connectivity index (χ0n) is 20.2. The number of fused-ring (bicyclic) bond motifs is 1. The number of carbonyl (C=O) groups is 2. The van der Waals surface area contributed by atoms with Crippen molar-refractivity contribution >= 4 is 34.0 Å². The van der Waals surface area contributed by atoms with Crippen LogP contribution in [0.3, 0.4) is 0 Å². The van der Waals surface area contributed by atoms with Crippen molar-refractivity contribution in [2.75, 3.05) is 13.7 Å². The fourth-order valence-electron chi connectivity index (χ4n) is 4.76. The first kappa shape index (κ1) is 24.7. The number of rotatable bonds is 7. The third kappa shape index (κ3) is 4.36. The highest BCUT2D eigenvalue weighted by atomic mass is 19.1. The molecule has 1 aliphatic heterocycles. The fraction of sp³-hybridized carbons (Fsp3) is 0.143. The van der Waals surface area contributed by atoms with E-state index in [0.29, 0.717) is 17.7 Å². The Morgan fingerprint density at radius 1 is 1.13 bits per heavy atom. The SMILES string of the molecule is COc1ccc2[nH]cc(CCN3C(=O)C(=O)C(=C(O)c4ccc(F)cc4)[C@H]3c3cccc([N+](=O)[O-])c3)c2c1. The number of ether oxygens (including phenoxy) is 1. The van der Waals surface area contributed by atoms with Crippen LogP contribution in [-0.4, -0.2) is 45.3 Å². The third-order valence-corrected chi connectivity index (χ3v) is 6.65. The number of aliphatic hydroxyl groups is 1. The number of non-ortho nitro benzene ring substituents is 1. The normalized spacial score (nSPS) is 16.8. The van der Waals surface area contributed by atoms with E-state index in [0.717, 1.165) is 28.6 Å². The van der Waals surface area contributed by atoms with E-state index >= 15 is 0 Å². The van der Waals surface area contributed by atoms with Crippen molar-refractivity contribution in [3.8, 4) is 5.75 Å². The van der Waals surface area contributed by atoms with E-state index in [9.17, 15) is 29.2 Å². The number of likely N-dealkylation sites (tertiary alicyclic amines) is 1. The van der Waals surface area contributed by atoms with Gasteiger partial charge in [-0.1, -0.05) is 12.1 Å². The molecule has 10 heteroatoms. The first-order valence-electron chi connectivity index (χ1n) is 11.7.